The van der Waals surface area contributed by atoms with Gasteiger partial charge in [0.2, 0.25) is 5.91 Å². The third kappa shape index (κ3) is 3.75. The van der Waals surface area contributed by atoms with Crippen LogP contribution in [0.2, 0.25) is 0 Å². The molecule has 3 aliphatic rings. The van der Waals surface area contributed by atoms with Crippen molar-refractivity contribution in [3.63, 3.8) is 0 Å². The van der Waals surface area contributed by atoms with Crippen molar-refractivity contribution in [1.82, 2.24) is 9.80 Å². The molecule has 32 heavy (non-hydrogen) atoms. The number of carbonyl (C=O) groups is 2. The van der Waals surface area contributed by atoms with Crippen molar-refractivity contribution in [1.29, 1.82) is 0 Å². The highest BCUT2D eigenvalue weighted by atomic mass is 19.1. The monoisotopic (exact) mass is 438 g/mol. The van der Waals surface area contributed by atoms with E-state index in [0.29, 0.717) is 58.7 Å². The van der Waals surface area contributed by atoms with Crippen LogP contribution in [0.3, 0.4) is 0 Å². The van der Waals surface area contributed by atoms with E-state index in [1.807, 2.05) is 35.2 Å². The second-order valence-corrected chi connectivity index (χ2v) is 9.07. The number of ether oxygens (including phenoxy) is 2. The van der Waals surface area contributed by atoms with Crippen LogP contribution in [-0.2, 0) is 26.2 Å². The third-order valence-electron chi connectivity index (χ3n) is 7.01. The Morgan fingerprint density at radius 3 is 2.41 bits per heavy atom. The van der Waals surface area contributed by atoms with Gasteiger partial charge in [-0.1, -0.05) is 42.5 Å². The topological polar surface area (TPSA) is 59.1 Å². The molecule has 0 aliphatic carbocycles. The summed E-state index contributed by atoms with van der Waals surface area (Å²) < 4.78 is 24.6. The van der Waals surface area contributed by atoms with Crippen LogP contribution in [0.15, 0.2) is 54.6 Å². The summed E-state index contributed by atoms with van der Waals surface area (Å²) in [7, 11) is 0. The lowest BCUT2D eigenvalue weighted by Gasteiger charge is -2.39. The van der Waals surface area contributed by atoms with E-state index in [9.17, 15) is 14.0 Å². The molecule has 2 aromatic carbocycles. The first-order valence-corrected chi connectivity index (χ1v) is 11.1. The second-order valence-electron chi connectivity index (χ2n) is 9.07. The van der Waals surface area contributed by atoms with Gasteiger partial charge >= 0.3 is 6.09 Å². The molecule has 1 atom stereocenters. The molecule has 0 aromatic heterocycles. The zero-order valence-corrected chi connectivity index (χ0v) is 18.0. The fourth-order valence-corrected chi connectivity index (χ4v) is 5.26. The molecular weight excluding hydrogens is 411 g/mol. The average Bonchev–Trinajstić information content (AvgIpc) is 3.37. The van der Waals surface area contributed by atoms with Crippen LogP contribution in [0.25, 0.3) is 0 Å². The van der Waals surface area contributed by atoms with Gasteiger partial charge in [0.1, 0.15) is 5.82 Å². The normalized spacial score (nSPS) is 24.7. The Bertz CT molecular complexity index is 991. The number of hydrogen-bond donors (Lipinski definition) is 0. The molecule has 3 saturated heterocycles. The maximum Gasteiger partial charge on any atom is 0.410 e. The van der Waals surface area contributed by atoms with Crippen molar-refractivity contribution < 1.29 is 23.5 Å². The summed E-state index contributed by atoms with van der Waals surface area (Å²) in [6.45, 7) is 2.85. The molecule has 6 nitrogen and oxygen atoms in total. The fourth-order valence-electron chi connectivity index (χ4n) is 5.26. The zero-order chi connectivity index (χ0) is 22.2. The second kappa shape index (κ2) is 8.20. The Kier molecular flexibility index (Phi) is 5.37. The van der Waals surface area contributed by atoms with Gasteiger partial charge in [-0.05, 0) is 36.1 Å². The standard InChI is InChI=1S/C25H27FN2O4/c26-21-8-6-19(7-9-21)16-28-18-24(32-23(28)30)10-13-27(17-24)22(29)25(11-14-31-15-12-25)20-4-2-1-3-5-20/h1-9H,10-18H2. The smallest absolute Gasteiger partial charge is 0.410 e. The predicted octanol–water partition coefficient (Wildman–Crippen LogP) is 3.50. The minimum atomic E-state index is -0.685. The van der Waals surface area contributed by atoms with Crippen LogP contribution < -0.4 is 0 Å². The number of rotatable bonds is 4. The van der Waals surface area contributed by atoms with Gasteiger partial charge in [0, 0.05) is 32.7 Å². The lowest BCUT2D eigenvalue weighted by molar-refractivity contribution is -0.141. The van der Waals surface area contributed by atoms with Gasteiger partial charge in [-0.25, -0.2) is 9.18 Å². The van der Waals surface area contributed by atoms with Crippen molar-refractivity contribution in [2.45, 2.75) is 36.8 Å². The van der Waals surface area contributed by atoms with Gasteiger partial charge in [-0.15, -0.1) is 0 Å². The van der Waals surface area contributed by atoms with Gasteiger partial charge < -0.3 is 14.4 Å². The first-order chi connectivity index (χ1) is 15.5. The minimum Gasteiger partial charge on any atom is -0.439 e. The van der Waals surface area contributed by atoms with E-state index in [2.05, 4.69) is 0 Å². The van der Waals surface area contributed by atoms with E-state index in [1.54, 1.807) is 17.0 Å². The molecule has 3 heterocycles. The molecule has 0 radical (unpaired) electrons. The molecule has 2 amide bonds. The van der Waals surface area contributed by atoms with Crippen molar-refractivity contribution >= 4 is 12.0 Å². The summed E-state index contributed by atoms with van der Waals surface area (Å²) in [5.74, 6) is -0.212. The van der Waals surface area contributed by atoms with Crippen molar-refractivity contribution in [3.8, 4) is 0 Å². The summed E-state index contributed by atoms with van der Waals surface area (Å²) in [5.41, 5.74) is 0.587. The largest absolute Gasteiger partial charge is 0.439 e. The highest BCUT2D eigenvalue weighted by Gasteiger charge is 2.53. The van der Waals surface area contributed by atoms with Crippen molar-refractivity contribution in [2.24, 2.45) is 0 Å². The van der Waals surface area contributed by atoms with Crippen LogP contribution >= 0.6 is 0 Å². The van der Waals surface area contributed by atoms with Crippen molar-refractivity contribution in [3.05, 3.63) is 71.5 Å². The highest BCUT2D eigenvalue weighted by molar-refractivity contribution is 5.89. The van der Waals surface area contributed by atoms with E-state index >= 15 is 0 Å². The Hall–Kier alpha value is -2.93. The number of hydrogen-bond acceptors (Lipinski definition) is 4. The van der Waals surface area contributed by atoms with Crippen LogP contribution in [0, 0.1) is 5.82 Å². The molecule has 7 heteroatoms. The molecular formula is C25H27FN2O4. The lowest BCUT2D eigenvalue weighted by Crippen LogP contribution is -2.50. The third-order valence-corrected chi connectivity index (χ3v) is 7.01. The van der Waals surface area contributed by atoms with E-state index in [0.717, 1.165) is 11.1 Å². The number of likely N-dealkylation sites (tertiary alicyclic amines) is 1. The number of halogens is 1. The van der Waals surface area contributed by atoms with Crippen LogP contribution in [0.5, 0.6) is 0 Å². The van der Waals surface area contributed by atoms with Gasteiger partial charge in [0.25, 0.3) is 0 Å². The Labute approximate surface area is 186 Å². The van der Waals surface area contributed by atoms with E-state index < -0.39 is 11.0 Å². The highest BCUT2D eigenvalue weighted by Crippen LogP contribution is 2.40. The molecule has 3 fully saturated rings. The van der Waals surface area contributed by atoms with Crippen LogP contribution in [0.1, 0.15) is 30.4 Å². The Balaban J connectivity index is 1.31. The number of nitrogens with zero attached hydrogens (tertiary/aromatic N) is 2. The number of carbonyl (C=O) groups excluding carboxylic acids is 2. The van der Waals surface area contributed by atoms with Crippen LogP contribution in [0.4, 0.5) is 9.18 Å². The van der Waals surface area contributed by atoms with Gasteiger partial charge in [-0.3, -0.25) is 9.69 Å². The average molecular weight is 438 g/mol. The molecule has 0 bridgehead atoms. The molecule has 5 rings (SSSR count). The zero-order valence-electron chi connectivity index (χ0n) is 18.0. The van der Waals surface area contributed by atoms with Gasteiger partial charge in [0.05, 0.1) is 18.5 Å². The molecule has 0 saturated carbocycles. The minimum absolute atomic E-state index is 0.0944. The van der Waals surface area contributed by atoms with Crippen LogP contribution in [-0.4, -0.2) is 60.2 Å². The molecule has 1 unspecified atom stereocenters. The molecule has 3 aliphatic heterocycles. The molecule has 2 aromatic rings. The lowest BCUT2D eigenvalue weighted by atomic mass is 9.73. The Morgan fingerprint density at radius 1 is 0.969 bits per heavy atom. The Morgan fingerprint density at radius 2 is 1.69 bits per heavy atom. The number of benzene rings is 2. The van der Waals surface area contributed by atoms with Crippen molar-refractivity contribution in [2.75, 3.05) is 32.8 Å². The molecule has 0 N–H and O–H groups in total. The number of amides is 2. The van der Waals surface area contributed by atoms with E-state index in [1.165, 1.54) is 12.1 Å². The first kappa shape index (κ1) is 20.9. The summed E-state index contributed by atoms with van der Waals surface area (Å²) >= 11 is 0. The maximum absolute atomic E-state index is 13.8. The summed E-state index contributed by atoms with van der Waals surface area (Å²) in [6, 6.07) is 16.1. The molecule has 1 spiro atoms. The first-order valence-electron chi connectivity index (χ1n) is 11.1. The van der Waals surface area contributed by atoms with Gasteiger partial charge in [-0.2, -0.15) is 0 Å². The van der Waals surface area contributed by atoms with E-state index in [4.69, 9.17) is 9.47 Å². The summed E-state index contributed by atoms with van der Waals surface area (Å²) in [4.78, 5) is 29.9. The fraction of sp³-hybridized carbons (Fsp3) is 0.440. The quantitative estimate of drug-likeness (QED) is 0.733. The summed E-state index contributed by atoms with van der Waals surface area (Å²) in [6.07, 6.45) is 1.53. The predicted molar refractivity (Wildman–Crippen MR) is 115 cm³/mol. The van der Waals surface area contributed by atoms with E-state index in [-0.39, 0.29) is 17.8 Å². The SMILES string of the molecule is O=C1OC2(CCN(C(=O)C3(c4ccccc4)CCOCC3)C2)CN1Cc1ccc(F)cc1. The van der Waals surface area contributed by atoms with Gasteiger partial charge in [0.15, 0.2) is 5.60 Å². The maximum atomic E-state index is 13.8. The summed E-state index contributed by atoms with van der Waals surface area (Å²) in [5, 5.41) is 0. The molecule has 168 valence electrons.